The van der Waals surface area contributed by atoms with Crippen LogP contribution < -0.4 is 0 Å². The first-order chi connectivity index (χ1) is 16.1. The summed E-state index contributed by atoms with van der Waals surface area (Å²) in [7, 11) is 0. The number of unbranched alkanes of at least 4 members (excludes halogenated alkanes) is 3. The monoisotopic (exact) mass is 468 g/mol. The van der Waals surface area contributed by atoms with Gasteiger partial charge in [-0.15, -0.1) is 0 Å². The molecule has 0 aliphatic heterocycles. The van der Waals surface area contributed by atoms with Crippen LogP contribution in [-0.2, 0) is 14.4 Å². The van der Waals surface area contributed by atoms with Gasteiger partial charge in [0.2, 0.25) is 0 Å². The highest BCUT2D eigenvalue weighted by Crippen LogP contribution is 2.32. The molecule has 0 atom stereocenters. The molecular formula is C26H28O8. The molecule has 2 aromatic carbocycles. The average molecular weight is 469 g/mol. The van der Waals surface area contributed by atoms with E-state index in [-0.39, 0.29) is 17.9 Å². The second-order valence-corrected chi connectivity index (χ2v) is 7.91. The molecule has 0 fully saturated rings. The number of hydrogen-bond donors (Lipinski definition) is 5. The second kappa shape index (κ2) is 11.7. The molecule has 0 unspecified atom stereocenters. The first kappa shape index (κ1) is 26.2. The second-order valence-electron chi connectivity index (χ2n) is 7.91. The molecule has 0 spiro atoms. The minimum absolute atomic E-state index is 0.198. The number of rotatable bonds is 12. The molecule has 8 nitrogen and oxygen atoms in total. The summed E-state index contributed by atoms with van der Waals surface area (Å²) in [5.74, 6) is -4.93. The summed E-state index contributed by atoms with van der Waals surface area (Å²) in [5.41, 5.74) is -1.69. The van der Waals surface area contributed by atoms with E-state index < -0.39 is 34.4 Å². The fourth-order valence-corrected chi connectivity index (χ4v) is 3.42. The van der Waals surface area contributed by atoms with Gasteiger partial charge in [0.05, 0.1) is 0 Å². The Balaban J connectivity index is 2.40. The maximum absolute atomic E-state index is 13.1. The van der Waals surface area contributed by atoms with Crippen molar-refractivity contribution in [2.24, 2.45) is 5.41 Å². The quantitative estimate of drug-likeness (QED) is 0.133. The molecule has 5 N–H and O–H groups in total. The molecule has 0 amide bonds. The number of ketones is 2. The third kappa shape index (κ3) is 6.25. The number of phenols is 4. The van der Waals surface area contributed by atoms with Gasteiger partial charge in [0.15, 0.2) is 40.0 Å². The molecule has 2 aromatic rings. The Kier molecular flexibility index (Phi) is 9.01. The number of phenolic OH excluding ortho intramolecular Hbond substituents is 4. The molecule has 0 radical (unpaired) electrons. The van der Waals surface area contributed by atoms with Crippen molar-refractivity contribution >= 4 is 29.7 Å². The number of carbonyl (C=O) groups is 3. The highest BCUT2D eigenvalue weighted by atomic mass is 16.4. The van der Waals surface area contributed by atoms with Crippen molar-refractivity contribution < 1.29 is 39.9 Å². The SMILES string of the molecule is CCCCCCC(C(=O)O)(C(=O)C=Cc1ccc(O)c(O)c1)C(=O)C=Cc1ccc(O)c(O)c1. The lowest BCUT2D eigenvalue weighted by Crippen LogP contribution is -2.45. The Morgan fingerprint density at radius 1 is 0.735 bits per heavy atom. The topological polar surface area (TPSA) is 152 Å². The predicted molar refractivity (Wildman–Crippen MR) is 126 cm³/mol. The molecule has 0 heterocycles. The molecular weight excluding hydrogens is 440 g/mol. The van der Waals surface area contributed by atoms with Crippen LogP contribution >= 0.6 is 0 Å². The van der Waals surface area contributed by atoms with E-state index in [1.54, 1.807) is 0 Å². The number of hydrogen-bond acceptors (Lipinski definition) is 7. The number of carboxylic acids is 1. The van der Waals surface area contributed by atoms with E-state index in [2.05, 4.69) is 0 Å². The van der Waals surface area contributed by atoms with Crippen LogP contribution in [0.4, 0.5) is 0 Å². The van der Waals surface area contributed by atoms with Crippen LogP contribution in [0, 0.1) is 5.41 Å². The molecule has 0 aliphatic carbocycles. The third-order valence-electron chi connectivity index (χ3n) is 5.46. The lowest BCUT2D eigenvalue weighted by molar-refractivity contribution is -0.157. The maximum atomic E-state index is 13.1. The van der Waals surface area contributed by atoms with Crippen LogP contribution in [0.25, 0.3) is 12.2 Å². The Bertz CT molecular complexity index is 1040. The van der Waals surface area contributed by atoms with Gasteiger partial charge in [0.25, 0.3) is 0 Å². The standard InChI is InChI=1S/C26H28O8/c1-2-3-4-5-14-26(25(33)34,23(31)12-8-17-6-10-19(27)21(29)15-17)24(32)13-9-18-7-11-20(28)22(30)16-18/h6-13,15-16,27-30H,2-5,14H2,1H3,(H,33,34). The van der Waals surface area contributed by atoms with E-state index in [9.17, 15) is 39.9 Å². The fourth-order valence-electron chi connectivity index (χ4n) is 3.42. The van der Waals surface area contributed by atoms with Crippen molar-refractivity contribution in [2.75, 3.05) is 0 Å². The summed E-state index contributed by atoms with van der Waals surface area (Å²) >= 11 is 0. The van der Waals surface area contributed by atoms with Crippen LogP contribution in [0.15, 0.2) is 48.6 Å². The number of aromatic hydroxyl groups is 4. The Morgan fingerprint density at radius 2 is 1.21 bits per heavy atom. The Hall–Kier alpha value is -4.07. The normalized spacial score (nSPS) is 13.2. The summed E-state index contributed by atoms with van der Waals surface area (Å²) in [6.45, 7) is 1.98. The molecule has 0 saturated carbocycles. The molecule has 0 bridgehead atoms. The van der Waals surface area contributed by atoms with E-state index in [0.717, 1.165) is 25.0 Å². The van der Waals surface area contributed by atoms with Gasteiger partial charge in [-0.2, -0.15) is 0 Å². The van der Waals surface area contributed by atoms with Gasteiger partial charge < -0.3 is 25.5 Å². The van der Waals surface area contributed by atoms with Crippen LogP contribution in [0.5, 0.6) is 23.0 Å². The molecule has 34 heavy (non-hydrogen) atoms. The van der Waals surface area contributed by atoms with E-state index >= 15 is 0 Å². The van der Waals surface area contributed by atoms with Gasteiger partial charge in [0, 0.05) is 0 Å². The number of carboxylic acid groups (broad SMARTS) is 1. The smallest absolute Gasteiger partial charge is 0.325 e. The number of allylic oxidation sites excluding steroid dienone is 2. The zero-order chi connectivity index (χ0) is 25.3. The maximum Gasteiger partial charge on any atom is 0.325 e. The van der Waals surface area contributed by atoms with Crippen molar-refractivity contribution in [1.82, 2.24) is 0 Å². The van der Waals surface area contributed by atoms with Gasteiger partial charge in [-0.1, -0.05) is 56.9 Å². The van der Waals surface area contributed by atoms with Crippen molar-refractivity contribution in [3.05, 3.63) is 59.7 Å². The van der Waals surface area contributed by atoms with Gasteiger partial charge >= 0.3 is 5.97 Å². The first-order valence-corrected chi connectivity index (χ1v) is 10.8. The zero-order valence-electron chi connectivity index (χ0n) is 18.8. The third-order valence-corrected chi connectivity index (χ3v) is 5.46. The lowest BCUT2D eigenvalue weighted by atomic mass is 9.74. The van der Waals surface area contributed by atoms with Crippen molar-refractivity contribution in [2.45, 2.75) is 39.0 Å². The van der Waals surface area contributed by atoms with Gasteiger partial charge in [-0.25, -0.2) is 0 Å². The number of aliphatic carboxylic acids is 1. The largest absolute Gasteiger partial charge is 0.504 e. The number of benzene rings is 2. The van der Waals surface area contributed by atoms with Gasteiger partial charge in [-0.05, 0) is 54.0 Å². The highest BCUT2D eigenvalue weighted by Gasteiger charge is 2.49. The fraction of sp³-hybridized carbons (Fsp3) is 0.269. The summed E-state index contributed by atoms with van der Waals surface area (Å²) in [6.07, 6.45) is 7.00. The summed E-state index contributed by atoms with van der Waals surface area (Å²) in [6, 6.07) is 7.66. The van der Waals surface area contributed by atoms with Crippen LogP contribution in [-0.4, -0.2) is 43.1 Å². The van der Waals surface area contributed by atoms with Crippen molar-refractivity contribution in [3.8, 4) is 23.0 Å². The Labute approximate surface area is 197 Å². The van der Waals surface area contributed by atoms with E-state index in [0.29, 0.717) is 24.0 Å². The van der Waals surface area contributed by atoms with E-state index in [1.807, 2.05) is 6.92 Å². The lowest BCUT2D eigenvalue weighted by Gasteiger charge is -2.24. The van der Waals surface area contributed by atoms with E-state index in [4.69, 9.17) is 0 Å². The number of carbonyl (C=O) groups excluding carboxylic acids is 2. The summed E-state index contributed by atoms with van der Waals surface area (Å²) in [5, 5.41) is 48.1. The van der Waals surface area contributed by atoms with Gasteiger partial charge in [-0.3, -0.25) is 14.4 Å². The van der Waals surface area contributed by atoms with Gasteiger partial charge in [0.1, 0.15) is 0 Å². The molecule has 8 heteroatoms. The minimum Gasteiger partial charge on any atom is -0.504 e. The molecule has 2 rings (SSSR count). The Morgan fingerprint density at radius 3 is 1.59 bits per heavy atom. The van der Waals surface area contributed by atoms with Crippen molar-refractivity contribution in [3.63, 3.8) is 0 Å². The van der Waals surface area contributed by atoms with Crippen LogP contribution in [0.1, 0.15) is 50.2 Å². The first-order valence-electron chi connectivity index (χ1n) is 10.8. The van der Waals surface area contributed by atoms with E-state index in [1.165, 1.54) is 48.6 Å². The summed E-state index contributed by atoms with van der Waals surface area (Å²) in [4.78, 5) is 38.6. The molecule has 0 aromatic heterocycles. The molecule has 180 valence electrons. The molecule has 0 aliphatic rings. The highest BCUT2D eigenvalue weighted by molar-refractivity contribution is 6.28. The van der Waals surface area contributed by atoms with Crippen LogP contribution in [0.2, 0.25) is 0 Å². The van der Waals surface area contributed by atoms with Crippen LogP contribution in [0.3, 0.4) is 0 Å². The average Bonchev–Trinajstić information content (AvgIpc) is 2.80. The minimum atomic E-state index is -2.35. The zero-order valence-corrected chi connectivity index (χ0v) is 18.8. The van der Waals surface area contributed by atoms with Crippen molar-refractivity contribution in [1.29, 1.82) is 0 Å². The predicted octanol–water partition coefficient (Wildman–Crippen LogP) is 4.42. The summed E-state index contributed by atoms with van der Waals surface area (Å²) < 4.78 is 0. The molecule has 0 saturated heterocycles.